The van der Waals surface area contributed by atoms with Gasteiger partial charge >= 0.3 is 11.9 Å². The van der Waals surface area contributed by atoms with Crippen molar-refractivity contribution in [3.05, 3.63) is 35.9 Å². The first kappa shape index (κ1) is 15.5. The summed E-state index contributed by atoms with van der Waals surface area (Å²) < 4.78 is 9.74. The van der Waals surface area contributed by atoms with E-state index in [-0.39, 0.29) is 11.9 Å². The summed E-state index contributed by atoms with van der Waals surface area (Å²) in [6, 6.07) is 9.97. The first-order chi connectivity index (χ1) is 10.0. The van der Waals surface area contributed by atoms with Crippen LogP contribution in [-0.2, 0) is 25.6 Å². The van der Waals surface area contributed by atoms with Gasteiger partial charge in [0.2, 0.25) is 0 Å². The summed E-state index contributed by atoms with van der Waals surface area (Å²) in [6.45, 7) is 3.44. The highest BCUT2D eigenvalue weighted by atomic mass is 16.5. The zero-order valence-corrected chi connectivity index (χ0v) is 12.7. The minimum Gasteiger partial charge on any atom is -0.469 e. The Morgan fingerprint density at radius 2 is 1.90 bits per heavy atom. The molecule has 0 unspecified atom stereocenters. The van der Waals surface area contributed by atoms with Crippen molar-refractivity contribution in [1.29, 1.82) is 0 Å². The fourth-order valence-electron chi connectivity index (χ4n) is 2.98. The van der Waals surface area contributed by atoms with E-state index in [9.17, 15) is 9.59 Å². The summed E-state index contributed by atoms with van der Waals surface area (Å²) in [5.74, 6) is -1.23. The Morgan fingerprint density at radius 1 is 1.24 bits per heavy atom. The fraction of sp³-hybridized carbons (Fsp3) is 0.500. The van der Waals surface area contributed by atoms with Crippen LogP contribution in [0.5, 0.6) is 0 Å². The first-order valence-corrected chi connectivity index (χ1v) is 6.94. The van der Waals surface area contributed by atoms with Crippen molar-refractivity contribution in [1.82, 2.24) is 4.90 Å². The molecule has 1 heterocycles. The SMILES string of the molecule is COC(=O)[C@H]1CN(Cc2ccccc2)C[C@]1(C)C(=O)OC. The predicted octanol–water partition coefficient (Wildman–Crippen LogP) is 1.47. The second-order valence-electron chi connectivity index (χ2n) is 5.64. The van der Waals surface area contributed by atoms with Crippen LogP contribution in [0.15, 0.2) is 30.3 Å². The molecule has 1 aromatic carbocycles. The van der Waals surface area contributed by atoms with Gasteiger partial charge in [-0.15, -0.1) is 0 Å². The lowest BCUT2D eigenvalue weighted by Gasteiger charge is -2.25. The number of rotatable bonds is 4. The molecule has 0 N–H and O–H groups in total. The molecule has 0 amide bonds. The summed E-state index contributed by atoms with van der Waals surface area (Å²) in [6.07, 6.45) is 0. The molecular formula is C16H21NO4. The number of carbonyl (C=O) groups excluding carboxylic acids is 2. The highest BCUT2D eigenvalue weighted by molar-refractivity contribution is 5.86. The van der Waals surface area contributed by atoms with E-state index in [1.54, 1.807) is 6.92 Å². The maximum Gasteiger partial charge on any atom is 0.313 e. The van der Waals surface area contributed by atoms with Gasteiger partial charge in [0.05, 0.1) is 25.6 Å². The van der Waals surface area contributed by atoms with Crippen molar-refractivity contribution in [2.75, 3.05) is 27.3 Å². The molecule has 0 bridgehead atoms. The van der Waals surface area contributed by atoms with Gasteiger partial charge in [0, 0.05) is 19.6 Å². The Labute approximate surface area is 124 Å². The molecule has 2 rings (SSSR count). The average Bonchev–Trinajstić information content (AvgIpc) is 2.84. The molecule has 0 radical (unpaired) electrons. The van der Waals surface area contributed by atoms with Crippen molar-refractivity contribution < 1.29 is 19.1 Å². The zero-order chi connectivity index (χ0) is 15.5. The fourth-order valence-corrected chi connectivity index (χ4v) is 2.98. The number of nitrogens with zero attached hydrogens (tertiary/aromatic N) is 1. The van der Waals surface area contributed by atoms with Gasteiger partial charge in [-0.05, 0) is 12.5 Å². The van der Waals surface area contributed by atoms with Crippen LogP contribution < -0.4 is 0 Å². The summed E-state index contributed by atoms with van der Waals surface area (Å²) in [4.78, 5) is 26.2. The van der Waals surface area contributed by atoms with Crippen molar-refractivity contribution in [3.63, 3.8) is 0 Å². The van der Waals surface area contributed by atoms with Crippen LogP contribution in [0.2, 0.25) is 0 Å². The molecule has 1 saturated heterocycles. The van der Waals surface area contributed by atoms with Gasteiger partial charge < -0.3 is 9.47 Å². The Hall–Kier alpha value is -1.88. The average molecular weight is 291 g/mol. The molecule has 0 aromatic heterocycles. The van der Waals surface area contributed by atoms with Gasteiger partial charge in [0.25, 0.3) is 0 Å². The van der Waals surface area contributed by atoms with Gasteiger partial charge in [-0.1, -0.05) is 30.3 Å². The maximum atomic E-state index is 12.1. The number of likely N-dealkylation sites (tertiary alicyclic amines) is 1. The molecule has 0 aliphatic carbocycles. The van der Waals surface area contributed by atoms with E-state index >= 15 is 0 Å². The summed E-state index contributed by atoms with van der Waals surface area (Å²) in [7, 11) is 2.70. The Morgan fingerprint density at radius 3 is 2.48 bits per heavy atom. The summed E-state index contributed by atoms with van der Waals surface area (Å²) >= 11 is 0. The lowest BCUT2D eigenvalue weighted by molar-refractivity contribution is -0.161. The summed E-state index contributed by atoms with van der Waals surface area (Å²) in [5, 5.41) is 0. The van der Waals surface area contributed by atoms with E-state index in [0.29, 0.717) is 19.6 Å². The highest BCUT2D eigenvalue weighted by Gasteiger charge is 2.53. The smallest absolute Gasteiger partial charge is 0.313 e. The molecule has 5 nitrogen and oxygen atoms in total. The largest absolute Gasteiger partial charge is 0.469 e. The maximum absolute atomic E-state index is 12.1. The Kier molecular flexibility index (Phi) is 4.63. The standard InChI is InChI=1S/C16H21NO4/c1-16(15(19)21-3)11-17(10-13(16)14(18)20-2)9-12-7-5-4-6-8-12/h4-8,13H,9-11H2,1-3H3/t13-,16+/m1/s1. The predicted molar refractivity (Wildman–Crippen MR) is 77.3 cm³/mol. The molecular weight excluding hydrogens is 270 g/mol. The molecule has 114 valence electrons. The van der Waals surface area contributed by atoms with Crippen LogP contribution in [-0.4, -0.2) is 44.1 Å². The summed E-state index contributed by atoms with van der Waals surface area (Å²) in [5.41, 5.74) is 0.284. The number of hydrogen-bond donors (Lipinski definition) is 0. The molecule has 5 heteroatoms. The first-order valence-electron chi connectivity index (χ1n) is 6.94. The van der Waals surface area contributed by atoms with Crippen molar-refractivity contribution in [3.8, 4) is 0 Å². The third-order valence-corrected chi connectivity index (χ3v) is 4.15. The van der Waals surface area contributed by atoms with Crippen LogP contribution in [0.3, 0.4) is 0 Å². The molecule has 1 aromatic rings. The zero-order valence-electron chi connectivity index (χ0n) is 12.7. The third kappa shape index (κ3) is 3.08. The second kappa shape index (κ2) is 6.26. The van der Waals surface area contributed by atoms with Crippen LogP contribution >= 0.6 is 0 Å². The van der Waals surface area contributed by atoms with Crippen LogP contribution in [0.25, 0.3) is 0 Å². The molecule has 0 spiro atoms. The van der Waals surface area contributed by atoms with Gasteiger partial charge in [-0.25, -0.2) is 0 Å². The molecule has 2 atom stereocenters. The topological polar surface area (TPSA) is 55.8 Å². The van der Waals surface area contributed by atoms with Crippen LogP contribution in [0.4, 0.5) is 0 Å². The second-order valence-corrected chi connectivity index (χ2v) is 5.64. The van der Waals surface area contributed by atoms with Crippen LogP contribution in [0, 0.1) is 11.3 Å². The van der Waals surface area contributed by atoms with E-state index in [1.807, 2.05) is 30.3 Å². The van der Waals surface area contributed by atoms with Gasteiger partial charge in [0.15, 0.2) is 0 Å². The third-order valence-electron chi connectivity index (χ3n) is 4.15. The minimum atomic E-state index is -0.864. The monoisotopic (exact) mass is 291 g/mol. The van der Waals surface area contributed by atoms with E-state index in [0.717, 1.165) is 5.56 Å². The minimum absolute atomic E-state index is 0.363. The Bertz CT molecular complexity index is 516. The lowest BCUT2D eigenvalue weighted by atomic mass is 9.80. The molecule has 1 fully saturated rings. The number of hydrogen-bond acceptors (Lipinski definition) is 5. The van der Waals surface area contributed by atoms with Gasteiger partial charge in [-0.3, -0.25) is 14.5 Å². The molecule has 1 aliphatic heterocycles. The lowest BCUT2D eigenvalue weighted by Crippen LogP contribution is -2.40. The van der Waals surface area contributed by atoms with E-state index < -0.39 is 11.3 Å². The van der Waals surface area contributed by atoms with E-state index in [4.69, 9.17) is 9.47 Å². The number of methoxy groups -OCH3 is 2. The molecule has 0 saturated carbocycles. The van der Waals surface area contributed by atoms with Gasteiger partial charge in [-0.2, -0.15) is 0 Å². The van der Waals surface area contributed by atoms with Crippen molar-refractivity contribution in [2.45, 2.75) is 13.5 Å². The number of carbonyl (C=O) groups is 2. The van der Waals surface area contributed by atoms with Crippen molar-refractivity contribution >= 4 is 11.9 Å². The number of benzene rings is 1. The highest BCUT2D eigenvalue weighted by Crippen LogP contribution is 2.38. The Balaban J connectivity index is 2.18. The number of ether oxygens (including phenoxy) is 2. The molecule has 21 heavy (non-hydrogen) atoms. The van der Waals surface area contributed by atoms with E-state index in [2.05, 4.69) is 4.90 Å². The number of esters is 2. The van der Waals surface area contributed by atoms with Crippen molar-refractivity contribution in [2.24, 2.45) is 11.3 Å². The van der Waals surface area contributed by atoms with Crippen LogP contribution in [0.1, 0.15) is 12.5 Å². The quantitative estimate of drug-likeness (QED) is 0.786. The normalized spacial score (nSPS) is 25.6. The molecule has 1 aliphatic rings. The van der Waals surface area contributed by atoms with Gasteiger partial charge in [0.1, 0.15) is 0 Å². The van der Waals surface area contributed by atoms with E-state index in [1.165, 1.54) is 14.2 Å².